The molecule has 0 aliphatic carbocycles. The number of nitrogens with zero attached hydrogens (tertiary/aromatic N) is 3. The van der Waals surface area contributed by atoms with Crippen LogP contribution in [0.3, 0.4) is 0 Å². The summed E-state index contributed by atoms with van der Waals surface area (Å²) in [6.07, 6.45) is 5.14. The standard InChI is InChI=1S/C33H28BrCl2N5O4S/c1-20-32(34)41-15-3-6-27(33(41)38-20)45-19-24-25(35)12-13-26(31(24)36)40(2)30(44)18-37-28(42)14-9-21-7-10-22(11-8-21)39-29(43)17-23-5-4-16-46-23/h3-16H,17-19H2,1-2H3,(H,37,42)(H,39,43). The minimum atomic E-state index is -0.443. The van der Waals surface area contributed by atoms with Crippen molar-refractivity contribution in [3.8, 4) is 5.75 Å². The molecule has 46 heavy (non-hydrogen) atoms. The lowest BCUT2D eigenvalue weighted by Crippen LogP contribution is -2.37. The van der Waals surface area contributed by atoms with Crippen LogP contribution in [0.25, 0.3) is 11.7 Å². The quantitative estimate of drug-likeness (QED) is 0.138. The van der Waals surface area contributed by atoms with Crippen LogP contribution in [-0.4, -0.2) is 40.7 Å². The summed E-state index contributed by atoms with van der Waals surface area (Å²) in [5, 5.41) is 8.03. The van der Waals surface area contributed by atoms with E-state index in [1.54, 1.807) is 55.6 Å². The Balaban J connectivity index is 1.14. The molecule has 3 aromatic heterocycles. The normalized spacial score (nSPS) is 11.2. The largest absolute Gasteiger partial charge is 0.485 e. The number of aryl methyl sites for hydroxylation is 1. The van der Waals surface area contributed by atoms with E-state index in [-0.39, 0.29) is 30.0 Å². The zero-order valence-corrected chi connectivity index (χ0v) is 28.6. The third-order valence-corrected chi connectivity index (χ3v) is 9.55. The van der Waals surface area contributed by atoms with Crippen LogP contribution in [0.4, 0.5) is 11.4 Å². The first-order valence-electron chi connectivity index (χ1n) is 14.0. The number of fused-ring (bicyclic) bond motifs is 1. The van der Waals surface area contributed by atoms with Crippen LogP contribution in [0, 0.1) is 6.92 Å². The molecule has 3 heterocycles. The van der Waals surface area contributed by atoms with Crippen LogP contribution in [0.2, 0.25) is 10.0 Å². The van der Waals surface area contributed by atoms with Gasteiger partial charge in [0.15, 0.2) is 11.4 Å². The van der Waals surface area contributed by atoms with Gasteiger partial charge in [-0.15, -0.1) is 11.3 Å². The molecule has 0 atom stereocenters. The lowest BCUT2D eigenvalue weighted by atomic mass is 10.2. The molecular weight excluding hydrogens is 713 g/mol. The molecule has 236 valence electrons. The lowest BCUT2D eigenvalue weighted by Gasteiger charge is -2.21. The average Bonchev–Trinajstić information content (AvgIpc) is 3.66. The number of anilines is 2. The Kier molecular flexibility index (Phi) is 10.8. The van der Waals surface area contributed by atoms with Crippen molar-refractivity contribution in [3.05, 3.63) is 115 Å². The van der Waals surface area contributed by atoms with E-state index in [9.17, 15) is 14.4 Å². The van der Waals surface area contributed by atoms with Crippen molar-refractivity contribution in [2.45, 2.75) is 20.0 Å². The first-order chi connectivity index (χ1) is 22.1. The van der Waals surface area contributed by atoms with Gasteiger partial charge in [0.05, 0.1) is 29.4 Å². The Bertz CT molecular complexity index is 1930. The van der Waals surface area contributed by atoms with E-state index in [4.69, 9.17) is 27.9 Å². The number of imidazole rings is 1. The summed E-state index contributed by atoms with van der Waals surface area (Å²) >= 11 is 18.2. The predicted molar refractivity (Wildman–Crippen MR) is 187 cm³/mol. The van der Waals surface area contributed by atoms with Gasteiger partial charge in [-0.1, -0.05) is 41.4 Å². The predicted octanol–water partition coefficient (Wildman–Crippen LogP) is 7.33. The number of hydrogen-bond donors (Lipinski definition) is 2. The summed E-state index contributed by atoms with van der Waals surface area (Å²) in [5.41, 5.74) is 3.79. The summed E-state index contributed by atoms with van der Waals surface area (Å²) in [7, 11) is 1.57. The van der Waals surface area contributed by atoms with E-state index in [2.05, 4.69) is 31.5 Å². The fourth-order valence-corrected chi connectivity index (χ4v) is 6.15. The highest BCUT2D eigenvalue weighted by molar-refractivity contribution is 9.10. The summed E-state index contributed by atoms with van der Waals surface area (Å²) in [4.78, 5) is 44.5. The van der Waals surface area contributed by atoms with Gasteiger partial charge in [-0.05, 0) is 82.3 Å². The van der Waals surface area contributed by atoms with E-state index >= 15 is 0 Å². The van der Waals surface area contributed by atoms with Crippen LogP contribution in [0.5, 0.6) is 5.75 Å². The van der Waals surface area contributed by atoms with Crippen molar-refractivity contribution >= 4 is 91.3 Å². The average molecular weight is 741 g/mol. The second-order valence-electron chi connectivity index (χ2n) is 10.1. The van der Waals surface area contributed by atoms with Crippen LogP contribution in [0.1, 0.15) is 21.7 Å². The molecule has 2 aromatic carbocycles. The second-order valence-corrected chi connectivity index (χ2v) is 12.7. The Labute approximate surface area is 287 Å². The van der Waals surface area contributed by atoms with Crippen molar-refractivity contribution in [1.29, 1.82) is 0 Å². The molecule has 0 spiro atoms. The zero-order valence-electron chi connectivity index (χ0n) is 24.7. The maximum Gasteiger partial charge on any atom is 0.246 e. The number of rotatable bonds is 11. The van der Waals surface area contributed by atoms with Crippen molar-refractivity contribution in [2.24, 2.45) is 0 Å². The van der Waals surface area contributed by atoms with Gasteiger partial charge in [0.1, 0.15) is 11.2 Å². The number of thiophene rings is 1. The van der Waals surface area contributed by atoms with Crippen LogP contribution in [0.15, 0.2) is 82.9 Å². The van der Waals surface area contributed by atoms with Gasteiger partial charge in [-0.25, -0.2) is 4.98 Å². The van der Waals surface area contributed by atoms with Crippen molar-refractivity contribution in [3.63, 3.8) is 0 Å². The third kappa shape index (κ3) is 7.97. The number of likely N-dealkylation sites (N-methyl/N-ethyl adjacent to an activating group) is 1. The van der Waals surface area contributed by atoms with Gasteiger partial charge in [0.2, 0.25) is 17.7 Å². The lowest BCUT2D eigenvalue weighted by molar-refractivity contribution is -0.122. The number of carbonyl (C=O) groups is 3. The van der Waals surface area contributed by atoms with E-state index in [1.165, 1.54) is 22.3 Å². The van der Waals surface area contributed by atoms with Gasteiger partial charge < -0.3 is 20.3 Å². The highest BCUT2D eigenvalue weighted by Crippen LogP contribution is 2.35. The minimum absolute atomic E-state index is 0.0424. The molecule has 3 amide bonds. The van der Waals surface area contributed by atoms with Crippen molar-refractivity contribution in [1.82, 2.24) is 14.7 Å². The first kappa shape index (κ1) is 33.2. The van der Waals surface area contributed by atoms with Crippen LogP contribution < -0.4 is 20.3 Å². The highest BCUT2D eigenvalue weighted by Gasteiger charge is 2.20. The Morgan fingerprint density at radius 3 is 2.61 bits per heavy atom. The van der Waals surface area contributed by atoms with E-state index in [0.717, 1.165) is 20.7 Å². The third-order valence-electron chi connectivity index (χ3n) is 6.94. The van der Waals surface area contributed by atoms with Crippen LogP contribution in [-0.2, 0) is 27.4 Å². The summed E-state index contributed by atoms with van der Waals surface area (Å²) in [5.74, 6) is -0.387. The van der Waals surface area contributed by atoms with E-state index in [0.29, 0.717) is 39.8 Å². The summed E-state index contributed by atoms with van der Waals surface area (Å²) in [6.45, 7) is 1.68. The molecule has 0 bridgehead atoms. The minimum Gasteiger partial charge on any atom is -0.485 e. The number of benzene rings is 2. The Hall–Kier alpha value is -4.16. The number of aromatic nitrogens is 2. The summed E-state index contributed by atoms with van der Waals surface area (Å²) < 4.78 is 8.75. The smallest absolute Gasteiger partial charge is 0.246 e. The van der Waals surface area contributed by atoms with Gasteiger partial charge >= 0.3 is 0 Å². The molecule has 9 nitrogen and oxygen atoms in total. The number of pyridine rings is 1. The number of hydrogen-bond acceptors (Lipinski definition) is 6. The molecule has 0 aliphatic heterocycles. The Morgan fingerprint density at radius 1 is 1.09 bits per heavy atom. The van der Waals surface area contributed by atoms with Crippen molar-refractivity contribution in [2.75, 3.05) is 23.8 Å². The molecule has 2 N–H and O–H groups in total. The van der Waals surface area contributed by atoms with Crippen LogP contribution >= 0.6 is 50.5 Å². The van der Waals surface area contributed by atoms with Gasteiger partial charge in [0, 0.05) is 40.5 Å². The van der Waals surface area contributed by atoms with Gasteiger partial charge in [0.25, 0.3) is 0 Å². The maximum absolute atomic E-state index is 13.0. The molecule has 0 aliphatic rings. The molecule has 5 rings (SSSR count). The number of halogens is 3. The van der Waals surface area contributed by atoms with Gasteiger partial charge in [-0.3, -0.25) is 18.8 Å². The number of amides is 3. The summed E-state index contributed by atoms with van der Waals surface area (Å²) in [6, 6.07) is 17.8. The van der Waals surface area contributed by atoms with Crippen molar-refractivity contribution < 1.29 is 19.1 Å². The number of ether oxygens (including phenoxy) is 1. The SMILES string of the molecule is Cc1nc2c(OCc3c(Cl)ccc(N(C)C(=O)CNC(=O)C=Cc4ccc(NC(=O)Cc5cccs5)cc4)c3Cl)cccn2c1Br. The monoisotopic (exact) mass is 739 g/mol. The topological polar surface area (TPSA) is 105 Å². The molecule has 0 radical (unpaired) electrons. The second kappa shape index (κ2) is 15.0. The maximum atomic E-state index is 13.0. The fourth-order valence-electron chi connectivity index (χ4n) is 4.47. The highest BCUT2D eigenvalue weighted by atomic mass is 79.9. The van der Waals surface area contributed by atoms with Gasteiger partial charge in [-0.2, -0.15) is 0 Å². The molecular formula is C33H28BrCl2N5O4S. The number of carbonyl (C=O) groups excluding carboxylic acids is 3. The molecule has 0 fully saturated rings. The molecule has 0 unspecified atom stereocenters. The molecule has 0 saturated carbocycles. The molecule has 13 heteroatoms. The zero-order chi connectivity index (χ0) is 32.8. The number of nitrogens with one attached hydrogen (secondary N) is 2. The molecule has 5 aromatic rings. The fraction of sp³-hybridized carbons (Fsp3) is 0.152. The molecule has 0 saturated heterocycles. The first-order valence-corrected chi connectivity index (χ1v) is 16.4. The Morgan fingerprint density at radius 2 is 1.87 bits per heavy atom. The van der Waals surface area contributed by atoms with E-state index in [1.807, 2.05) is 41.1 Å². The van der Waals surface area contributed by atoms with E-state index < -0.39 is 5.91 Å².